The molecule has 0 saturated carbocycles. The van der Waals surface area contributed by atoms with E-state index >= 15 is 0 Å². The van der Waals surface area contributed by atoms with Crippen molar-refractivity contribution in [1.29, 1.82) is 0 Å². The Morgan fingerprint density at radius 3 is 2.95 bits per heavy atom. The van der Waals surface area contributed by atoms with Gasteiger partial charge in [0.2, 0.25) is 0 Å². The Labute approximate surface area is 131 Å². The number of piperidine rings is 1. The van der Waals surface area contributed by atoms with Gasteiger partial charge in [-0.3, -0.25) is 4.79 Å². The summed E-state index contributed by atoms with van der Waals surface area (Å²) in [4.78, 5) is 17.9. The normalized spacial score (nSPS) is 31.2. The van der Waals surface area contributed by atoms with Crippen LogP contribution >= 0.6 is 0 Å². The van der Waals surface area contributed by atoms with Crippen LogP contribution in [0.2, 0.25) is 0 Å². The molecule has 6 heteroatoms. The molecule has 0 bridgehead atoms. The predicted octanol–water partition coefficient (Wildman–Crippen LogP) is 1.49. The molecule has 2 atom stereocenters. The lowest BCUT2D eigenvalue weighted by molar-refractivity contribution is -0.162. The molecule has 124 valence electrons. The van der Waals surface area contributed by atoms with Gasteiger partial charge in [-0.15, -0.1) is 0 Å². The van der Waals surface area contributed by atoms with Crippen molar-refractivity contribution >= 4 is 11.7 Å². The van der Waals surface area contributed by atoms with Gasteiger partial charge in [-0.2, -0.15) is 0 Å². The van der Waals surface area contributed by atoms with E-state index < -0.39 is 5.41 Å². The zero-order chi connectivity index (χ0) is 15.4. The highest BCUT2D eigenvalue weighted by atomic mass is 16.6. The fraction of sp³-hybridized carbons (Fsp3) is 0.875. The third-order valence-corrected chi connectivity index (χ3v) is 5.21. The molecule has 0 aromatic carbocycles. The van der Waals surface area contributed by atoms with Crippen LogP contribution in [0.4, 0.5) is 0 Å². The summed E-state index contributed by atoms with van der Waals surface area (Å²) in [6.45, 7) is 3.31. The molecule has 0 aromatic rings. The number of hydrogen-bond acceptors (Lipinski definition) is 6. The van der Waals surface area contributed by atoms with Crippen LogP contribution < -0.4 is 5.32 Å². The molecule has 3 rings (SSSR count). The van der Waals surface area contributed by atoms with E-state index in [1.165, 1.54) is 20.0 Å². The van der Waals surface area contributed by atoms with Crippen LogP contribution in [0.25, 0.3) is 0 Å². The highest BCUT2D eigenvalue weighted by molar-refractivity contribution is 5.88. The van der Waals surface area contributed by atoms with Crippen molar-refractivity contribution in [2.24, 2.45) is 16.5 Å². The summed E-state index contributed by atoms with van der Waals surface area (Å²) in [5.41, 5.74) is 0.692. The molecule has 0 spiro atoms. The van der Waals surface area contributed by atoms with Gasteiger partial charge in [0.25, 0.3) is 0 Å². The zero-order valence-corrected chi connectivity index (χ0v) is 13.3. The number of esters is 1. The Kier molecular flexibility index (Phi) is 4.98. The first-order valence-corrected chi connectivity index (χ1v) is 8.33. The lowest BCUT2D eigenvalue weighted by Crippen LogP contribution is -2.41. The van der Waals surface area contributed by atoms with E-state index in [1.807, 2.05) is 0 Å². The Hall–Kier alpha value is -1.14. The predicted molar refractivity (Wildman–Crippen MR) is 81.6 cm³/mol. The van der Waals surface area contributed by atoms with Gasteiger partial charge in [0.05, 0.1) is 18.2 Å². The molecule has 1 N–H and O–H groups in total. The molecule has 2 fully saturated rings. The number of hydrogen-bond donors (Lipinski definition) is 1. The topological polar surface area (TPSA) is 69.2 Å². The molecule has 0 amide bonds. The largest absolute Gasteiger partial charge is 0.469 e. The molecule has 2 unspecified atom stereocenters. The van der Waals surface area contributed by atoms with Crippen molar-refractivity contribution in [3.63, 3.8) is 0 Å². The van der Waals surface area contributed by atoms with Crippen molar-refractivity contribution < 1.29 is 19.1 Å². The van der Waals surface area contributed by atoms with Gasteiger partial charge in [0.15, 0.2) is 0 Å². The minimum Gasteiger partial charge on any atom is -0.469 e. The van der Waals surface area contributed by atoms with Crippen LogP contribution in [0.5, 0.6) is 0 Å². The number of nitrogens with zero attached hydrogens (tertiary/aromatic N) is 1. The maximum Gasteiger partial charge on any atom is 0.312 e. The summed E-state index contributed by atoms with van der Waals surface area (Å²) in [6, 6.07) is 0. The molecule has 0 radical (unpaired) electrons. The second kappa shape index (κ2) is 6.96. The summed E-state index contributed by atoms with van der Waals surface area (Å²) >= 11 is 0. The smallest absolute Gasteiger partial charge is 0.312 e. The van der Waals surface area contributed by atoms with Gasteiger partial charge in [0, 0.05) is 38.5 Å². The average molecular weight is 310 g/mol. The summed E-state index contributed by atoms with van der Waals surface area (Å²) in [5.74, 6) is 0.356. The Bertz CT molecular complexity index is 426. The fourth-order valence-corrected chi connectivity index (χ4v) is 3.84. The van der Waals surface area contributed by atoms with E-state index in [0.29, 0.717) is 38.4 Å². The van der Waals surface area contributed by atoms with Crippen molar-refractivity contribution in [1.82, 2.24) is 5.32 Å². The van der Waals surface area contributed by atoms with Gasteiger partial charge >= 0.3 is 5.97 Å². The monoisotopic (exact) mass is 310 g/mol. The summed E-state index contributed by atoms with van der Waals surface area (Å²) in [7, 11) is 1.46. The molecule has 3 aliphatic rings. The van der Waals surface area contributed by atoms with Crippen LogP contribution in [0.15, 0.2) is 5.16 Å². The molecular weight excluding hydrogens is 284 g/mol. The van der Waals surface area contributed by atoms with Gasteiger partial charge in [0.1, 0.15) is 6.10 Å². The maximum absolute atomic E-state index is 12.3. The summed E-state index contributed by atoms with van der Waals surface area (Å²) in [6.07, 6.45) is 5.30. The Morgan fingerprint density at radius 2 is 2.27 bits per heavy atom. The van der Waals surface area contributed by atoms with Crippen LogP contribution in [-0.2, 0) is 19.1 Å². The van der Waals surface area contributed by atoms with E-state index in [1.54, 1.807) is 0 Å². The molecule has 0 aliphatic carbocycles. The molecule has 3 aliphatic heterocycles. The second-order valence-electron chi connectivity index (χ2n) is 6.65. The van der Waals surface area contributed by atoms with E-state index in [-0.39, 0.29) is 12.1 Å². The highest BCUT2D eigenvalue weighted by Crippen LogP contribution is 2.39. The number of carbonyl (C=O) groups excluding carboxylic acids is 1. The Morgan fingerprint density at radius 1 is 1.45 bits per heavy atom. The van der Waals surface area contributed by atoms with Crippen molar-refractivity contribution in [2.45, 2.75) is 44.6 Å². The lowest BCUT2D eigenvalue weighted by Gasteiger charge is -2.35. The summed E-state index contributed by atoms with van der Waals surface area (Å²) < 4.78 is 10.5. The Balaban J connectivity index is 1.59. The minimum absolute atomic E-state index is 0.00544. The highest BCUT2D eigenvalue weighted by Gasteiger charge is 2.45. The van der Waals surface area contributed by atoms with Crippen molar-refractivity contribution in [2.75, 3.05) is 33.4 Å². The number of methoxy groups -OCH3 is 1. The summed E-state index contributed by atoms with van der Waals surface area (Å²) in [5, 5.41) is 7.73. The number of ether oxygens (including phenoxy) is 2. The van der Waals surface area contributed by atoms with Crippen LogP contribution in [0.1, 0.15) is 38.5 Å². The van der Waals surface area contributed by atoms with E-state index in [4.69, 9.17) is 14.3 Å². The van der Waals surface area contributed by atoms with Crippen LogP contribution in [0, 0.1) is 11.3 Å². The van der Waals surface area contributed by atoms with Crippen molar-refractivity contribution in [3.8, 4) is 0 Å². The van der Waals surface area contributed by atoms with E-state index in [9.17, 15) is 4.79 Å². The fourth-order valence-electron chi connectivity index (χ4n) is 3.84. The van der Waals surface area contributed by atoms with Crippen LogP contribution in [0.3, 0.4) is 0 Å². The molecular formula is C16H26N2O4. The SMILES string of the molecule is COC(=O)C1(CC2CC(C3CCCNC3)=NO2)CCOCC1. The zero-order valence-electron chi connectivity index (χ0n) is 13.3. The molecule has 0 aromatic heterocycles. The number of carbonyl (C=O) groups is 1. The third kappa shape index (κ3) is 3.27. The second-order valence-corrected chi connectivity index (χ2v) is 6.65. The van der Waals surface area contributed by atoms with Crippen molar-refractivity contribution in [3.05, 3.63) is 0 Å². The number of oxime groups is 1. The van der Waals surface area contributed by atoms with Gasteiger partial charge in [-0.25, -0.2) is 0 Å². The van der Waals surface area contributed by atoms with Gasteiger partial charge in [-0.1, -0.05) is 5.16 Å². The lowest BCUT2D eigenvalue weighted by atomic mass is 9.74. The minimum atomic E-state index is -0.465. The quantitative estimate of drug-likeness (QED) is 0.797. The first kappa shape index (κ1) is 15.7. The van der Waals surface area contributed by atoms with Crippen LogP contribution in [-0.4, -0.2) is 51.2 Å². The van der Waals surface area contributed by atoms with E-state index in [2.05, 4.69) is 10.5 Å². The first-order chi connectivity index (χ1) is 10.7. The molecule has 6 nitrogen and oxygen atoms in total. The third-order valence-electron chi connectivity index (χ3n) is 5.21. The van der Waals surface area contributed by atoms with Gasteiger partial charge in [-0.05, 0) is 32.2 Å². The van der Waals surface area contributed by atoms with Gasteiger partial charge < -0.3 is 19.6 Å². The number of nitrogens with one attached hydrogen (secondary N) is 1. The molecule has 3 heterocycles. The van der Waals surface area contributed by atoms with E-state index in [0.717, 1.165) is 25.2 Å². The number of rotatable bonds is 4. The molecule has 22 heavy (non-hydrogen) atoms. The molecule has 2 saturated heterocycles. The maximum atomic E-state index is 12.3. The standard InChI is InChI=1S/C16H26N2O4/c1-20-15(19)16(4-7-21-8-5-16)10-13-9-14(18-22-13)12-3-2-6-17-11-12/h12-13,17H,2-11H2,1H3. The first-order valence-electron chi connectivity index (χ1n) is 8.33. The average Bonchev–Trinajstić information content (AvgIpc) is 3.04.